The highest BCUT2D eigenvalue weighted by Crippen LogP contribution is 2.42. The summed E-state index contributed by atoms with van der Waals surface area (Å²) in [6, 6.07) is 4.58. The Morgan fingerprint density at radius 3 is 3.00 bits per heavy atom. The maximum absolute atomic E-state index is 6.28. The molecule has 0 radical (unpaired) electrons. The summed E-state index contributed by atoms with van der Waals surface area (Å²) in [6.07, 6.45) is 4.27. The van der Waals surface area contributed by atoms with Gasteiger partial charge in [-0.15, -0.1) is 11.3 Å². The number of fused-ring (bicyclic) bond motifs is 1. The zero-order chi connectivity index (χ0) is 13.5. The minimum atomic E-state index is 0.0644. The van der Waals surface area contributed by atoms with Crippen LogP contribution in [-0.4, -0.2) is 17.8 Å². The van der Waals surface area contributed by atoms with Crippen LogP contribution in [0.4, 0.5) is 0 Å². The lowest BCUT2D eigenvalue weighted by atomic mass is 10.1. The molecule has 20 heavy (non-hydrogen) atoms. The van der Waals surface area contributed by atoms with Crippen molar-refractivity contribution in [2.24, 2.45) is 0 Å². The SMILES string of the molecule is Clc1cc(C(NC2CC2)c2nccs2)cc2c1OCO2. The Bertz CT molecular complexity index is 628. The first kappa shape index (κ1) is 12.4. The summed E-state index contributed by atoms with van der Waals surface area (Å²) in [6.45, 7) is 0.233. The van der Waals surface area contributed by atoms with Crippen molar-refractivity contribution in [3.05, 3.63) is 39.3 Å². The number of thiazole rings is 1. The van der Waals surface area contributed by atoms with Gasteiger partial charge in [-0.2, -0.15) is 0 Å². The van der Waals surface area contributed by atoms with Crippen LogP contribution in [0, 0.1) is 0 Å². The van der Waals surface area contributed by atoms with Gasteiger partial charge >= 0.3 is 0 Å². The van der Waals surface area contributed by atoms with Gasteiger partial charge in [-0.25, -0.2) is 4.98 Å². The number of ether oxygens (including phenoxy) is 2. The molecule has 6 heteroatoms. The van der Waals surface area contributed by atoms with Crippen molar-refractivity contribution in [1.29, 1.82) is 0 Å². The topological polar surface area (TPSA) is 43.4 Å². The third-order valence-corrected chi connectivity index (χ3v) is 4.58. The van der Waals surface area contributed by atoms with E-state index in [2.05, 4.69) is 10.3 Å². The number of rotatable bonds is 4. The van der Waals surface area contributed by atoms with E-state index in [4.69, 9.17) is 21.1 Å². The molecule has 0 bridgehead atoms. The Balaban J connectivity index is 1.74. The molecule has 0 saturated heterocycles. The second-order valence-electron chi connectivity index (χ2n) is 4.98. The van der Waals surface area contributed by atoms with E-state index >= 15 is 0 Å². The fourth-order valence-corrected chi connectivity index (χ4v) is 3.32. The van der Waals surface area contributed by atoms with Crippen molar-refractivity contribution in [2.75, 3.05) is 6.79 Å². The monoisotopic (exact) mass is 308 g/mol. The van der Waals surface area contributed by atoms with Gasteiger partial charge in [0, 0.05) is 17.6 Å². The lowest BCUT2D eigenvalue weighted by Gasteiger charge is -2.17. The second kappa shape index (κ2) is 4.91. The first-order chi connectivity index (χ1) is 9.81. The fourth-order valence-electron chi connectivity index (χ4n) is 2.33. The van der Waals surface area contributed by atoms with E-state index in [1.165, 1.54) is 12.8 Å². The summed E-state index contributed by atoms with van der Waals surface area (Å²) in [5, 5.41) is 7.25. The zero-order valence-corrected chi connectivity index (χ0v) is 12.2. The Morgan fingerprint density at radius 1 is 1.35 bits per heavy atom. The van der Waals surface area contributed by atoms with E-state index in [1.54, 1.807) is 11.3 Å². The van der Waals surface area contributed by atoms with Crippen LogP contribution < -0.4 is 14.8 Å². The molecule has 1 atom stereocenters. The third kappa shape index (κ3) is 2.26. The van der Waals surface area contributed by atoms with Gasteiger partial charge in [0.25, 0.3) is 0 Å². The van der Waals surface area contributed by atoms with E-state index in [9.17, 15) is 0 Å². The van der Waals surface area contributed by atoms with Crippen LogP contribution in [0.25, 0.3) is 0 Å². The van der Waals surface area contributed by atoms with Crippen molar-refractivity contribution in [3.63, 3.8) is 0 Å². The average molecular weight is 309 g/mol. The van der Waals surface area contributed by atoms with Crippen LogP contribution in [0.3, 0.4) is 0 Å². The molecule has 1 saturated carbocycles. The van der Waals surface area contributed by atoms with Gasteiger partial charge in [0.1, 0.15) is 5.01 Å². The molecule has 2 heterocycles. The summed E-state index contributed by atoms with van der Waals surface area (Å²) >= 11 is 7.93. The summed E-state index contributed by atoms with van der Waals surface area (Å²) in [5.74, 6) is 1.35. The highest BCUT2D eigenvalue weighted by molar-refractivity contribution is 7.09. The molecule has 4 nitrogen and oxygen atoms in total. The van der Waals surface area contributed by atoms with E-state index in [1.807, 2.05) is 23.7 Å². The van der Waals surface area contributed by atoms with Crippen LogP contribution in [-0.2, 0) is 0 Å². The highest BCUT2D eigenvalue weighted by atomic mass is 35.5. The molecule has 1 N–H and O–H groups in total. The Morgan fingerprint density at radius 2 is 2.25 bits per heavy atom. The van der Waals surface area contributed by atoms with Gasteiger partial charge in [0.05, 0.1) is 11.1 Å². The lowest BCUT2D eigenvalue weighted by molar-refractivity contribution is 0.174. The van der Waals surface area contributed by atoms with Crippen molar-refractivity contribution >= 4 is 22.9 Å². The van der Waals surface area contributed by atoms with Crippen molar-refractivity contribution in [3.8, 4) is 11.5 Å². The summed E-state index contributed by atoms with van der Waals surface area (Å²) in [7, 11) is 0. The number of halogens is 1. The number of benzene rings is 1. The van der Waals surface area contributed by atoms with Crippen LogP contribution >= 0.6 is 22.9 Å². The Labute approximate surface area is 125 Å². The average Bonchev–Trinajstić information content (AvgIpc) is 2.94. The molecule has 1 unspecified atom stereocenters. The minimum Gasteiger partial charge on any atom is -0.454 e. The van der Waals surface area contributed by atoms with Crippen molar-refractivity contribution in [2.45, 2.75) is 24.9 Å². The molecule has 2 aromatic rings. The van der Waals surface area contributed by atoms with Gasteiger partial charge in [0.15, 0.2) is 11.5 Å². The molecular formula is C14H13ClN2O2S. The van der Waals surface area contributed by atoms with Crippen LogP contribution in [0.5, 0.6) is 11.5 Å². The van der Waals surface area contributed by atoms with Crippen molar-refractivity contribution < 1.29 is 9.47 Å². The standard InChI is InChI=1S/C14H13ClN2O2S/c15-10-5-8(6-11-13(10)19-7-18-11)12(17-9-1-2-9)14-16-3-4-20-14/h3-6,9,12,17H,1-2,7H2. The van der Waals surface area contributed by atoms with Gasteiger partial charge in [-0.05, 0) is 30.5 Å². The predicted molar refractivity (Wildman–Crippen MR) is 77.7 cm³/mol. The molecule has 104 valence electrons. The maximum atomic E-state index is 6.28. The molecule has 1 aromatic heterocycles. The van der Waals surface area contributed by atoms with Gasteiger partial charge in [0.2, 0.25) is 6.79 Å². The largest absolute Gasteiger partial charge is 0.454 e. The number of nitrogens with one attached hydrogen (secondary N) is 1. The number of hydrogen-bond donors (Lipinski definition) is 1. The molecule has 1 aromatic carbocycles. The van der Waals surface area contributed by atoms with E-state index in [0.29, 0.717) is 22.6 Å². The van der Waals surface area contributed by atoms with Crippen LogP contribution in [0.1, 0.15) is 29.5 Å². The molecule has 1 aliphatic carbocycles. The quantitative estimate of drug-likeness (QED) is 0.940. The van der Waals surface area contributed by atoms with Gasteiger partial charge in [-0.1, -0.05) is 11.6 Å². The Hall–Kier alpha value is -1.30. The second-order valence-corrected chi connectivity index (χ2v) is 6.31. The Kier molecular flexibility index (Phi) is 3.06. The summed E-state index contributed by atoms with van der Waals surface area (Å²) in [5.41, 5.74) is 1.07. The number of hydrogen-bond acceptors (Lipinski definition) is 5. The molecule has 4 rings (SSSR count). The third-order valence-electron chi connectivity index (χ3n) is 3.46. The predicted octanol–water partition coefficient (Wildman–Crippen LogP) is 3.37. The zero-order valence-electron chi connectivity index (χ0n) is 10.6. The van der Waals surface area contributed by atoms with Crippen LogP contribution in [0.15, 0.2) is 23.7 Å². The molecule has 0 amide bonds. The molecular weight excluding hydrogens is 296 g/mol. The van der Waals surface area contributed by atoms with E-state index in [0.717, 1.165) is 10.6 Å². The number of nitrogens with zero attached hydrogens (tertiary/aromatic N) is 1. The summed E-state index contributed by atoms with van der Waals surface area (Å²) in [4.78, 5) is 4.44. The number of aromatic nitrogens is 1. The van der Waals surface area contributed by atoms with Gasteiger partial charge in [-0.3, -0.25) is 0 Å². The normalized spacial score (nSPS) is 18.2. The fraction of sp³-hybridized carbons (Fsp3) is 0.357. The highest BCUT2D eigenvalue weighted by Gasteiger charge is 2.29. The lowest BCUT2D eigenvalue weighted by Crippen LogP contribution is -2.24. The van der Waals surface area contributed by atoms with Crippen molar-refractivity contribution in [1.82, 2.24) is 10.3 Å². The molecule has 1 fully saturated rings. The van der Waals surface area contributed by atoms with Crippen LogP contribution in [0.2, 0.25) is 5.02 Å². The molecule has 0 spiro atoms. The maximum Gasteiger partial charge on any atom is 0.231 e. The first-order valence-electron chi connectivity index (χ1n) is 6.56. The molecule has 2 aliphatic rings. The first-order valence-corrected chi connectivity index (χ1v) is 7.81. The molecule has 1 aliphatic heterocycles. The smallest absolute Gasteiger partial charge is 0.231 e. The van der Waals surface area contributed by atoms with Gasteiger partial charge < -0.3 is 14.8 Å². The summed E-state index contributed by atoms with van der Waals surface area (Å²) < 4.78 is 10.8. The minimum absolute atomic E-state index is 0.0644. The van der Waals surface area contributed by atoms with E-state index in [-0.39, 0.29) is 12.8 Å². The van der Waals surface area contributed by atoms with E-state index < -0.39 is 0 Å².